The van der Waals surface area contributed by atoms with Crippen LogP contribution in [0, 0.1) is 0 Å². The van der Waals surface area contributed by atoms with Gasteiger partial charge in [0.15, 0.2) is 0 Å². The van der Waals surface area contributed by atoms with Crippen molar-refractivity contribution < 1.29 is 31.9 Å². The topological polar surface area (TPSA) is 71.8 Å². The van der Waals surface area contributed by atoms with E-state index in [1.54, 1.807) is 12.1 Å². The summed E-state index contributed by atoms with van der Waals surface area (Å²) < 4.78 is 45.8. The maximum absolute atomic E-state index is 12.2. The maximum Gasteiger partial charge on any atom is 0.491 e. The fourth-order valence-electron chi connectivity index (χ4n) is 2.66. The van der Waals surface area contributed by atoms with E-state index in [1.807, 2.05) is 0 Å². The van der Waals surface area contributed by atoms with Crippen molar-refractivity contribution in [1.82, 2.24) is 10.2 Å². The third-order valence-electron chi connectivity index (χ3n) is 3.57. The quantitative estimate of drug-likeness (QED) is 0.486. The molecule has 1 aromatic heterocycles. The van der Waals surface area contributed by atoms with E-state index in [2.05, 4.69) is 10.1 Å². The minimum absolute atomic E-state index is 0.0949. The molecule has 1 amide bonds. The summed E-state index contributed by atoms with van der Waals surface area (Å²) in [6, 6.07) is 2.57. The van der Waals surface area contributed by atoms with Crippen LogP contribution in [0.4, 0.5) is 18.0 Å². The summed E-state index contributed by atoms with van der Waals surface area (Å²) in [4.78, 5) is 23.8. The van der Waals surface area contributed by atoms with Crippen LogP contribution < -0.4 is 5.32 Å². The van der Waals surface area contributed by atoms with Crippen LogP contribution in [0.25, 0.3) is 0 Å². The van der Waals surface area contributed by atoms with Gasteiger partial charge in [0.2, 0.25) is 0 Å². The van der Waals surface area contributed by atoms with Gasteiger partial charge in [-0.3, -0.25) is 4.90 Å². The first-order chi connectivity index (χ1) is 10.4. The van der Waals surface area contributed by atoms with Gasteiger partial charge in [0.1, 0.15) is 11.8 Å². The van der Waals surface area contributed by atoms with E-state index in [0.717, 1.165) is 16.0 Å². The predicted octanol–water partition coefficient (Wildman–Crippen LogP) is 1.76. The molecule has 1 aromatic rings. The number of ether oxygens (including phenoxy) is 1. The molecule has 9 heteroatoms. The summed E-state index contributed by atoms with van der Waals surface area (Å²) in [6.07, 6.45) is -5.15. The van der Waals surface area contributed by atoms with Crippen molar-refractivity contribution in [3.05, 3.63) is 35.3 Å². The second kappa shape index (κ2) is 5.16. The number of nitrogens with one attached hydrogen (secondary N) is 1. The Morgan fingerprint density at radius 3 is 2.77 bits per heavy atom. The number of esters is 1. The number of amides is 1. The molecule has 2 aliphatic rings. The number of hydrogen-bond acceptors (Lipinski definition) is 5. The molecule has 0 fully saturated rings. The first kappa shape index (κ1) is 14.6. The zero-order valence-electron chi connectivity index (χ0n) is 11.1. The minimum atomic E-state index is -5.22. The zero-order valence-corrected chi connectivity index (χ0v) is 11.1. The lowest BCUT2D eigenvalue weighted by Gasteiger charge is -2.25. The van der Waals surface area contributed by atoms with Crippen LogP contribution in [0.1, 0.15) is 11.8 Å². The highest BCUT2D eigenvalue weighted by Gasteiger charge is 2.46. The molecule has 0 aliphatic carbocycles. The van der Waals surface area contributed by atoms with Crippen molar-refractivity contribution in [2.24, 2.45) is 0 Å². The molecule has 2 aliphatic heterocycles. The molecule has 118 valence electrons. The van der Waals surface area contributed by atoms with Crippen LogP contribution in [0.15, 0.2) is 34.0 Å². The highest BCUT2D eigenvalue weighted by atomic mass is 19.4. The Morgan fingerprint density at radius 2 is 2.14 bits per heavy atom. The lowest BCUT2D eigenvalue weighted by Crippen LogP contribution is -2.39. The minimum Gasteiger partial charge on any atom is -0.467 e. The van der Waals surface area contributed by atoms with Crippen LogP contribution in [0.2, 0.25) is 0 Å². The van der Waals surface area contributed by atoms with Crippen LogP contribution in [-0.2, 0) is 9.53 Å². The van der Waals surface area contributed by atoms with E-state index in [4.69, 9.17) is 4.42 Å². The van der Waals surface area contributed by atoms with Crippen LogP contribution in [0.3, 0.4) is 0 Å². The number of carbonyl (C=O) groups excluding carboxylic acids is 2. The van der Waals surface area contributed by atoms with Gasteiger partial charge in [-0.1, -0.05) is 0 Å². The summed E-state index contributed by atoms with van der Waals surface area (Å²) in [5.74, 6) is -2.12. The monoisotopic (exact) mass is 316 g/mol. The van der Waals surface area contributed by atoms with Crippen molar-refractivity contribution in [3.8, 4) is 0 Å². The molecule has 3 rings (SSSR count). The second-order valence-electron chi connectivity index (χ2n) is 4.93. The van der Waals surface area contributed by atoms with Crippen molar-refractivity contribution in [2.45, 2.75) is 12.2 Å². The third kappa shape index (κ3) is 2.47. The number of halogens is 3. The molecule has 0 saturated heterocycles. The zero-order chi connectivity index (χ0) is 15.9. The lowest BCUT2D eigenvalue weighted by molar-refractivity contribution is -0.193. The number of carbonyl (C=O) groups is 2. The van der Waals surface area contributed by atoms with E-state index >= 15 is 0 Å². The highest BCUT2D eigenvalue weighted by Crippen LogP contribution is 2.39. The smallest absolute Gasteiger partial charge is 0.467 e. The van der Waals surface area contributed by atoms with Gasteiger partial charge in [-0.05, 0) is 23.3 Å². The molecule has 0 saturated carbocycles. The average molecular weight is 316 g/mol. The summed E-state index contributed by atoms with van der Waals surface area (Å²) in [5, 5.41) is 3.10. The van der Waals surface area contributed by atoms with Gasteiger partial charge in [-0.15, -0.1) is 0 Å². The molecule has 6 nitrogen and oxygen atoms in total. The molecule has 1 N–H and O–H groups in total. The normalized spacial score (nSPS) is 21.2. The van der Waals surface area contributed by atoms with Gasteiger partial charge >= 0.3 is 18.2 Å². The largest absolute Gasteiger partial charge is 0.491 e. The number of rotatable bonds is 1. The lowest BCUT2D eigenvalue weighted by atomic mass is 10.1. The van der Waals surface area contributed by atoms with Crippen LogP contribution in [-0.4, -0.2) is 42.8 Å². The molecule has 1 unspecified atom stereocenters. The molecule has 3 heterocycles. The fraction of sp³-hybridized carbons (Fsp3) is 0.385. The molecule has 1 atom stereocenters. The molecule has 0 aromatic carbocycles. The Labute approximate surface area is 122 Å². The van der Waals surface area contributed by atoms with Gasteiger partial charge in [-0.25, -0.2) is 9.59 Å². The van der Waals surface area contributed by atoms with E-state index in [-0.39, 0.29) is 6.54 Å². The summed E-state index contributed by atoms with van der Waals surface area (Å²) in [6.45, 7) is 1.12. The van der Waals surface area contributed by atoms with Gasteiger partial charge in [-0.2, -0.15) is 13.2 Å². The summed E-state index contributed by atoms with van der Waals surface area (Å²) in [5.41, 5.74) is 1.74. The Morgan fingerprint density at radius 1 is 1.36 bits per heavy atom. The average Bonchev–Trinajstić information content (AvgIpc) is 3.13. The van der Waals surface area contributed by atoms with E-state index in [0.29, 0.717) is 18.8 Å². The van der Waals surface area contributed by atoms with Gasteiger partial charge < -0.3 is 14.5 Å². The van der Waals surface area contributed by atoms with Gasteiger partial charge in [0.25, 0.3) is 0 Å². The van der Waals surface area contributed by atoms with Crippen molar-refractivity contribution in [3.63, 3.8) is 0 Å². The Balaban J connectivity index is 1.81. The maximum atomic E-state index is 12.2. The molecular formula is C13H11F3N2O4. The van der Waals surface area contributed by atoms with Crippen molar-refractivity contribution in [2.75, 3.05) is 19.6 Å². The van der Waals surface area contributed by atoms with E-state index in [1.165, 1.54) is 6.26 Å². The fourth-order valence-corrected chi connectivity index (χ4v) is 2.66. The standard InChI is InChI=1S/C13H11F3N2O4/c14-13(15,16)11(19)22-12(20)18-6-7-4-17-5-8(7)10(18)9-2-1-3-21-9/h1-3,10,17H,4-6H2. The molecule has 0 bridgehead atoms. The number of alkyl halides is 3. The molecule has 0 radical (unpaired) electrons. The summed E-state index contributed by atoms with van der Waals surface area (Å²) >= 11 is 0. The summed E-state index contributed by atoms with van der Waals surface area (Å²) in [7, 11) is 0. The van der Waals surface area contributed by atoms with Gasteiger partial charge in [0, 0.05) is 19.6 Å². The van der Waals surface area contributed by atoms with Crippen LogP contribution >= 0.6 is 0 Å². The molecule has 0 spiro atoms. The Bertz CT molecular complexity index is 636. The first-order valence-corrected chi connectivity index (χ1v) is 6.42. The molecule has 22 heavy (non-hydrogen) atoms. The highest BCUT2D eigenvalue weighted by molar-refractivity contribution is 5.88. The second-order valence-corrected chi connectivity index (χ2v) is 4.93. The Kier molecular flexibility index (Phi) is 3.44. The number of furan rings is 1. The number of nitrogens with zero attached hydrogens (tertiary/aromatic N) is 1. The van der Waals surface area contributed by atoms with E-state index in [9.17, 15) is 22.8 Å². The third-order valence-corrected chi connectivity index (χ3v) is 3.57. The van der Waals surface area contributed by atoms with E-state index < -0.39 is 24.3 Å². The Hall–Kier alpha value is -2.29. The van der Waals surface area contributed by atoms with Gasteiger partial charge in [0.05, 0.1) is 6.26 Å². The predicted molar refractivity (Wildman–Crippen MR) is 65.6 cm³/mol. The molecular weight excluding hydrogens is 305 g/mol. The number of hydrogen-bond donors (Lipinski definition) is 1. The van der Waals surface area contributed by atoms with Crippen molar-refractivity contribution in [1.29, 1.82) is 0 Å². The first-order valence-electron chi connectivity index (χ1n) is 6.42. The van der Waals surface area contributed by atoms with Crippen LogP contribution in [0.5, 0.6) is 0 Å². The van der Waals surface area contributed by atoms with Crippen molar-refractivity contribution >= 4 is 12.1 Å². The SMILES string of the molecule is O=C(OC(=O)C(F)(F)F)N1CC2=C(CNC2)C1c1ccco1.